The first-order chi connectivity index (χ1) is 8.40. The third-order valence-electron chi connectivity index (χ3n) is 3.01. The number of nitrogens with one attached hydrogen (secondary N) is 1. The Morgan fingerprint density at radius 2 is 1.72 bits per heavy atom. The van der Waals surface area contributed by atoms with Crippen molar-refractivity contribution in [1.82, 2.24) is 15.1 Å². The highest BCUT2D eigenvalue weighted by atomic mass is 16.6. The number of piperazine rings is 1. The number of carbonyl (C=O) groups is 1. The van der Waals surface area contributed by atoms with Crippen molar-refractivity contribution in [3.63, 3.8) is 0 Å². The Morgan fingerprint density at radius 3 is 2.22 bits per heavy atom. The van der Waals surface area contributed by atoms with Crippen LogP contribution in [-0.4, -0.2) is 67.3 Å². The van der Waals surface area contributed by atoms with Crippen LogP contribution >= 0.6 is 0 Å². The lowest BCUT2D eigenvalue weighted by Gasteiger charge is -2.34. The summed E-state index contributed by atoms with van der Waals surface area (Å²) in [6.07, 6.45) is -0.324. The van der Waals surface area contributed by atoms with Crippen molar-refractivity contribution in [1.29, 1.82) is 0 Å². The highest BCUT2D eigenvalue weighted by Crippen LogP contribution is 2.06. The molecule has 0 atom stereocenters. The maximum absolute atomic E-state index is 11.4. The zero-order valence-electron chi connectivity index (χ0n) is 12.2. The summed E-state index contributed by atoms with van der Waals surface area (Å²) in [5.41, 5.74) is -0.420. The highest BCUT2D eigenvalue weighted by Gasteiger charge is 2.17. The minimum Gasteiger partial charge on any atom is -0.444 e. The summed E-state index contributed by atoms with van der Waals surface area (Å²) in [5, 5.41) is 2.80. The molecule has 0 aromatic carbocycles. The molecular weight excluding hydrogens is 230 g/mol. The molecule has 0 radical (unpaired) electrons. The van der Waals surface area contributed by atoms with Crippen LogP contribution in [-0.2, 0) is 4.74 Å². The van der Waals surface area contributed by atoms with Crippen LogP contribution in [0, 0.1) is 0 Å². The van der Waals surface area contributed by atoms with Gasteiger partial charge in [0.15, 0.2) is 0 Å². The molecule has 1 N–H and O–H groups in total. The lowest BCUT2D eigenvalue weighted by Crippen LogP contribution is -2.48. The Morgan fingerprint density at radius 1 is 1.17 bits per heavy atom. The summed E-state index contributed by atoms with van der Waals surface area (Å²) >= 11 is 0. The summed E-state index contributed by atoms with van der Waals surface area (Å²) in [4.78, 5) is 16.3. The Labute approximate surface area is 110 Å². The third kappa shape index (κ3) is 6.21. The molecule has 106 valence electrons. The van der Waals surface area contributed by atoms with Gasteiger partial charge < -0.3 is 15.0 Å². The fourth-order valence-corrected chi connectivity index (χ4v) is 1.96. The fraction of sp³-hybridized carbons (Fsp3) is 0.923. The molecule has 1 aliphatic rings. The molecule has 0 aromatic rings. The molecule has 1 heterocycles. The summed E-state index contributed by atoms with van der Waals surface area (Å²) in [6, 6.07) is 0. The smallest absolute Gasteiger partial charge is 0.407 e. The second-order valence-corrected chi connectivity index (χ2v) is 5.70. The molecule has 0 bridgehead atoms. The molecular formula is C13H27N3O2. The van der Waals surface area contributed by atoms with Crippen LogP contribution in [0.2, 0.25) is 0 Å². The molecule has 18 heavy (non-hydrogen) atoms. The van der Waals surface area contributed by atoms with Crippen molar-refractivity contribution in [2.45, 2.75) is 33.3 Å². The summed E-state index contributed by atoms with van der Waals surface area (Å²) < 4.78 is 5.18. The van der Waals surface area contributed by atoms with E-state index in [1.165, 1.54) is 0 Å². The molecule has 1 amide bonds. The monoisotopic (exact) mass is 257 g/mol. The quantitative estimate of drug-likeness (QED) is 0.820. The predicted octanol–water partition coefficient (Wildman–Crippen LogP) is 1.15. The highest BCUT2D eigenvalue weighted by molar-refractivity contribution is 5.67. The molecule has 0 aromatic heterocycles. The van der Waals surface area contributed by atoms with Crippen molar-refractivity contribution in [2.75, 3.05) is 45.8 Å². The van der Waals surface area contributed by atoms with Crippen LogP contribution in [0.5, 0.6) is 0 Å². The molecule has 5 nitrogen and oxygen atoms in total. The Kier molecular flexibility index (Phi) is 5.88. The molecule has 0 unspecified atom stereocenters. The SMILES string of the molecule is CCN1CCN(CCNC(=O)OC(C)(C)C)CC1. The molecule has 1 rings (SSSR count). The summed E-state index contributed by atoms with van der Waals surface area (Å²) in [5.74, 6) is 0. The first-order valence-electron chi connectivity index (χ1n) is 6.82. The van der Waals surface area contributed by atoms with Gasteiger partial charge in [0.2, 0.25) is 0 Å². The van der Waals surface area contributed by atoms with E-state index in [0.29, 0.717) is 6.54 Å². The van der Waals surface area contributed by atoms with Crippen molar-refractivity contribution in [2.24, 2.45) is 0 Å². The predicted molar refractivity (Wildman–Crippen MR) is 72.8 cm³/mol. The van der Waals surface area contributed by atoms with Gasteiger partial charge in [0.05, 0.1) is 0 Å². The van der Waals surface area contributed by atoms with Crippen LogP contribution in [0.1, 0.15) is 27.7 Å². The number of hydrogen-bond acceptors (Lipinski definition) is 4. The van der Waals surface area contributed by atoms with E-state index in [9.17, 15) is 4.79 Å². The van der Waals surface area contributed by atoms with Gasteiger partial charge in [-0.05, 0) is 27.3 Å². The number of carbonyl (C=O) groups excluding carboxylic acids is 1. The van der Waals surface area contributed by atoms with E-state index >= 15 is 0 Å². The first kappa shape index (κ1) is 15.2. The maximum Gasteiger partial charge on any atom is 0.407 e. The normalized spacial score (nSPS) is 18.7. The van der Waals surface area contributed by atoms with Gasteiger partial charge >= 0.3 is 6.09 Å². The Bertz CT molecular complexity index is 255. The third-order valence-corrected chi connectivity index (χ3v) is 3.01. The Hall–Kier alpha value is -0.810. The molecule has 1 fully saturated rings. The lowest BCUT2D eigenvalue weighted by atomic mass is 10.2. The average molecular weight is 257 g/mol. The van der Waals surface area contributed by atoms with Gasteiger partial charge in [-0.3, -0.25) is 4.90 Å². The van der Waals surface area contributed by atoms with Crippen LogP contribution < -0.4 is 5.32 Å². The molecule has 0 saturated carbocycles. The van der Waals surface area contributed by atoms with Crippen LogP contribution in [0.25, 0.3) is 0 Å². The second kappa shape index (κ2) is 6.95. The van der Waals surface area contributed by atoms with E-state index in [2.05, 4.69) is 22.0 Å². The van der Waals surface area contributed by atoms with E-state index < -0.39 is 5.60 Å². The standard InChI is InChI=1S/C13H27N3O2/c1-5-15-8-10-16(11-9-15)7-6-14-12(17)18-13(2,3)4/h5-11H2,1-4H3,(H,14,17). The van der Waals surface area contributed by atoms with Gasteiger partial charge in [0.25, 0.3) is 0 Å². The van der Waals surface area contributed by atoms with E-state index in [0.717, 1.165) is 39.3 Å². The zero-order valence-corrected chi connectivity index (χ0v) is 12.2. The molecule has 5 heteroatoms. The van der Waals surface area contributed by atoms with Gasteiger partial charge in [0.1, 0.15) is 5.60 Å². The second-order valence-electron chi connectivity index (χ2n) is 5.70. The van der Waals surface area contributed by atoms with Crippen molar-refractivity contribution < 1.29 is 9.53 Å². The molecule has 0 spiro atoms. The van der Waals surface area contributed by atoms with E-state index in [-0.39, 0.29) is 6.09 Å². The van der Waals surface area contributed by atoms with Crippen molar-refractivity contribution >= 4 is 6.09 Å². The van der Waals surface area contributed by atoms with E-state index in [4.69, 9.17) is 4.74 Å². The largest absolute Gasteiger partial charge is 0.444 e. The number of likely N-dealkylation sites (N-methyl/N-ethyl adjacent to an activating group) is 1. The summed E-state index contributed by atoms with van der Waals surface area (Å²) in [7, 11) is 0. The molecule has 0 aliphatic carbocycles. The number of alkyl carbamates (subject to hydrolysis) is 1. The van der Waals surface area contributed by atoms with Gasteiger partial charge in [0, 0.05) is 39.3 Å². The lowest BCUT2D eigenvalue weighted by molar-refractivity contribution is 0.0516. The number of amides is 1. The Balaban J connectivity index is 2.10. The number of ether oxygens (including phenoxy) is 1. The van der Waals surface area contributed by atoms with Gasteiger partial charge in [-0.1, -0.05) is 6.92 Å². The number of rotatable bonds is 4. The maximum atomic E-state index is 11.4. The van der Waals surface area contributed by atoms with Crippen molar-refractivity contribution in [3.8, 4) is 0 Å². The van der Waals surface area contributed by atoms with Gasteiger partial charge in [-0.15, -0.1) is 0 Å². The van der Waals surface area contributed by atoms with Crippen LogP contribution in [0.3, 0.4) is 0 Å². The van der Waals surface area contributed by atoms with E-state index in [1.807, 2.05) is 20.8 Å². The molecule has 1 aliphatic heterocycles. The minimum atomic E-state index is -0.420. The topological polar surface area (TPSA) is 44.8 Å². The van der Waals surface area contributed by atoms with Crippen molar-refractivity contribution in [3.05, 3.63) is 0 Å². The average Bonchev–Trinajstić information content (AvgIpc) is 2.27. The van der Waals surface area contributed by atoms with Crippen LogP contribution in [0.4, 0.5) is 4.79 Å². The van der Waals surface area contributed by atoms with Crippen LogP contribution in [0.15, 0.2) is 0 Å². The number of hydrogen-bond donors (Lipinski definition) is 1. The minimum absolute atomic E-state index is 0.324. The van der Waals surface area contributed by atoms with E-state index in [1.54, 1.807) is 0 Å². The number of nitrogens with zero attached hydrogens (tertiary/aromatic N) is 2. The first-order valence-corrected chi connectivity index (χ1v) is 6.82. The van der Waals surface area contributed by atoms with Gasteiger partial charge in [-0.25, -0.2) is 4.79 Å². The zero-order chi connectivity index (χ0) is 13.6. The van der Waals surface area contributed by atoms with Gasteiger partial charge in [-0.2, -0.15) is 0 Å². The fourth-order valence-electron chi connectivity index (χ4n) is 1.96. The summed E-state index contributed by atoms with van der Waals surface area (Å²) in [6.45, 7) is 14.9. The molecule has 1 saturated heterocycles.